The molecule has 1 aliphatic carbocycles. The molecule has 0 aromatic heterocycles. The van der Waals surface area contributed by atoms with E-state index in [4.69, 9.17) is 10.5 Å². The van der Waals surface area contributed by atoms with Crippen LogP contribution in [0.5, 0.6) is 0 Å². The summed E-state index contributed by atoms with van der Waals surface area (Å²) in [5.74, 6) is 0.771. The second-order valence-electron chi connectivity index (χ2n) is 6.11. The summed E-state index contributed by atoms with van der Waals surface area (Å²) in [6, 6.07) is 4.42. The number of rotatable bonds is 5. The summed E-state index contributed by atoms with van der Waals surface area (Å²) >= 11 is 0. The Morgan fingerprint density at radius 3 is 2.32 bits per heavy atom. The zero-order chi connectivity index (χ0) is 13.8. The van der Waals surface area contributed by atoms with Gasteiger partial charge in [0.1, 0.15) is 0 Å². The van der Waals surface area contributed by atoms with Crippen molar-refractivity contribution in [3.05, 3.63) is 34.4 Å². The normalized spacial score (nSPS) is 17.9. The lowest BCUT2D eigenvalue weighted by Gasteiger charge is -2.19. The Morgan fingerprint density at radius 1 is 1.16 bits per heavy atom. The summed E-state index contributed by atoms with van der Waals surface area (Å²) in [5, 5.41) is 0. The van der Waals surface area contributed by atoms with E-state index >= 15 is 0 Å². The van der Waals surface area contributed by atoms with Crippen LogP contribution < -0.4 is 5.73 Å². The molecule has 0 bridgehead atoms. The summed E-state index contributed by atoms with van der Waals surface area (Å²) in [6.07, 6.45) is 5.40. The molecule has 1 aliphatic rings. The molecule has 0 heterocycles. The second-order valence-corrected chi connectivity index (χ2v) is 6.11. The predicted molar refractivity (Wildman–Crippen MR) is 80.4 cm³/mol. The molecule has 1 fully saturated rings. The molecule has 1 unspecified atom stereocenters. The number of benzene rings is 1. The van der Waals surface area contributed by atoms with Crippen LogP contribution in [-0.4, -0.2) is 13.2 Å². The van der Waals surface area contributed by atoms with E-state index in [2.05, 4.69) is 32.9 Å². The number of ether oxygens (including phenoxy) is 1. The fourth-order valence-electron chi connectivity index (χ4n) is 3.40. The van der Waals surface area contributed by atoms with Crippen molar-refractivity contribution >= 4 is 0 Å². The molecule has 2 rings (SSSR count). The highest BCUT2D eigenvalue weighted by molar-refractivity contribution is 5.39. The number of hydrogen-bond donors (Lipinski definition) is 1. The van der Waals surface area contributed by atoms with E-state index in [1.54, 1.807) is 0 Å². The lowest BCUT2D eigenvalue weighted by atomic mass is 9.95. The highest BCUT2D eigenvalue weighted by Gasteiger charge is 2.17. The van der Waals surface area contributed by atoms with Crippen molar-refractivity contribution in [1.82, 2.24) is 0 Å². The molecule has 1 aromatic carbocycles. The lowest BCUT2D eigenvalue weighted by molar-refractivity contribution is 0.0902. The Balaban J connectivity index is 1.90. The summed E-state index contributed by atoms with van der Waals surface area (Å²) in [5.41, 5.74) is 11.4. The second kappa shape index (κ2) is 6.53. The maximum Gasteiger partial charge on any atom is 0.0659 e. The minimum Gasteiger partial charge on any atom is -0.379 e. The minimum absolute atomic E-state index is 0.00185. The van der Waals surface area contributed by atoms with Crippen molar-refractivity contribution in [1.29, 1.82) is 0 Å². The van der Waals surface area contributed by atoms with Gasteiger partial charge < -0.3 is 10.5 Å². The Hall–Kier alpha value is -0.860. The molecule has 1 aromatic rings. The standard InChI is InChI=1S/C17H27NO/c1-12-8-13(2)17(14(3)9-12)16(18)11-19-10-15-6-4-5-7-15/h8-9,15-16H,4-7,10-11,18H2,1-3H3. The number of aryl methyl sites for hydroxylation is 3. The van der Waals surface area contributed by atoms with Gasteiger partial charge in [-0.3, -0.25) is 0 Å². The average Bonchev–Trinajstić information content (AvgIpc) is 2.80. The van der Waals surface area contributed by atoms with Crippen LogP contribution in [0.2, 0.25) is 0 Å². The maximum absolute atomic E-state index is 6.31. The fourth-order valence-corrected chi connectivity index (χ4v) is 3.40. The summed E-state index contributed by atoms with van der Waals surface area (Å²) < 4.78 is 5.85. The number of hydrogen-bond acceptors (Lipinski definition) is 2. The van der Waals surface area contributed by atoms with Crippen molar-refractivity contribution < 1.29 is 4.74 Å². The quantitative estimate of drug-likeness (QED) is 0.874. The van der Waals surface area contributed by atoms with Gasteiger partial charge in [0, 0.05) is 6.61 Å². The zero-order valence-electron chi connectivity index (χ0n) is 12.5. The van der Waals surface area contributed by atoms with Gasteiger partial charge >= 0.3 is 0 Å². The van der Waals surface area contributed by atoms with Crippen LogP contribution in [0.15, 0.2) is 12.1 Å². The van der Waals surface area contributed by atoms with Gasteiger partial charge in [-0.05, 0) is 56.2 Å². The smallest absolute Gasteiger partial charge is 0.0659 e. The summed E-state index contributed by atoms with van der Waals surface area (Å²) in [6.45, 7) is 7.95. The van der Waals surface area contributed by atoms with E-state index in [0.29, 0.717) is 6.61 Å². The average molecular weight is 261 g/mol. The van der Waals surface area contributed by atoms with Crippen LogP contribution in [0, 0.1) is 26.7 Å². The van der Waals surface area contributed by atoms with Crippen LogP contribution in [0.1, 0.15) is 54.0 Å². The Bertz CT molecular complexity index is 398. The molecule has 2 heteroatoms. The molecule has 0 saturated heterocycles. The van der Waals surface area contributed by atoms with Gasteiger partial charge in [0.2, 0.25) is 0 Å². The van der Waals surface area contributed by atoms with Crippen LogP contribution in [0.3, 0.4) is 0 Å². The lowest BCUT2D eigenvalue weighted by Crippen LogP contribution is -2.21. The first kappa shape index (κ1) is 14.5. The van der Waals surface area contributed by atoms with E-state index in [9.17, 15) is 0 Å². The van der Waals surface area contributed by atoms with Gasteiger partial charge in [-0.2, -0.15) is 0 Å². The van der Waals surface area contributed by atoms with Crippen molar-refractivity contribution in [3.63, 3.8) is 0 Å². The van der Waals surface area contributed by atoms with Crippen molar-refractivity contribution in [2.45, 2.75) is 52.5 Å². The van der Waals surface area contributed by atoms with Crippen LogP contribution >= 0.6 is 0 Å². The predicted octanol–water partition coefficient (Wildman–Crippen LogP) is 3.82. The molecule has 0 aliphatic heterocycles. The summed E-state index contributed by atoms with van der Waals surface area (Å²) in [4.78, 5) is 0. The van der Waals surface area contributed by atoms with Gasteiger partial charge in [0.25, 0.3) is 0 Å². The molecule has 2 N–H and O–H groups in total. The van der Waals surface area contributed by atoms with Gasteiger partial charge in [0.05, 0.1) is 12.6 Å². The Labute approximate surface area is 117 Å². The van der Waals surface area contributed by atoms with Gasteiger partial charge in [-0.25, -0.2) is 0 Å². The van der Waals surface area contributed by atoms with E-state index < -0.39 is 0 Å². The van der Waals surface area contributed by atoms with Crippen molar-refractivity contribution in [3.8, 4) is 0 Å². The Morgan fingerprint density at radius 2 is 1.74 bits per heavy atom. The van der Waals surface area contributed by atoms with E-state index in [1.807, 2.05) is 0 Å². The highest BCUT2D eigenvalue weighted by atomic mass is 16.5. The van der Waals surface area contributed by atoms with Crippen molar-refractivity contribution in [2.24, 2.45) is 11.7 Å². The minimum atomic E-state index is 0.00185. The molecular weight excluding hydrogens is 234 g/mol. The fraction of sp³-hybridized carbons (Fsp3) is 0.647. The highest BCUT2D eigenvalue weighted by Crippen LogP contribution is 2.26. The third kappa shape index (κ3) is 3.80. The largest absolute Gasteiger partial charge is 0.379 e. The first-order valence-electron chi connectivity index (χ1n) is 7.49. The third-order valence-corrected chi connectivity index (χ3v) is 4.23. The SMILES string of the molecule is Cc1cc(C)c(C(N)COCC2CCCC2)c(C)c1. The maximum atomic E-state index is 6.31. The molecule has 0 amide bonds. The molecule has 2 nitrogen and oxygen atoms in total. The molecule has 0 radical (unpaired) electrons. The van der Waals surface area contributed by atoms with E-state index in [1.165, 1.54) is 47.9 Å². The van der Waals surface area contributed by atoms with E-state index in [0.717, 1.165) is 12.5 Å². The first-order chi connectivity index (χ1) is 9.08. The van der Waals surface area contributed by atoms with Gasteiger partial charge in [-0.15, -0.1) is 0 Å². The van der Waals surface area contributed by atoms with E-state index in [-0.39, 0.29) is 6.04 Å². The molecule has 0 spiro atoms. The third-order valence-electron chi connectivity index (χ3n) is 4.23. The van der Waals surface area contributed by atoms with Crippen molar-refractivity contribution in [2.75, 3.05) is 13.2 Å². The monoisotopic (exact) mass is 261 g/mol. The molecule has 1 atom stereocenters. The first-order valence-corrected chi connectivity index (χ1v) is 7.49. The number of nitrogens with two attached hydrogens (primary N) is 1. The van der Waals surface area contributed by atoms with Gasteiger partial charge in [-0.1, -0.05) is 30.5 Å². The van der Waals surface area contributed by atoms with Crippen LogP contribution in [0.25, 0.3) is 0 Å². The molecule has 1 saturated carbocycles. The molecular formula is C17H27NO. The summed E-state index contributed by atoms with van der Waals surface area (Å²) in [7, 11) is 0. The molecule has 106 valence electrons. The van der Waals surface area contributed by atoms with Gasteiger partial charge in [0.15, 0.2) is 0 Å². The Kier molecular flexibility index (Phi) is 5.00. The molecule has 19 heavy (non-hydrogen) atoms. The topological polar surface area (TPSA) is 35.2 Å². The van der Waals surface area contributed by atoms with Crippen LogP contribution in [-0.2, 0) is 4.74 Å². The van der Waals surface area contributed by atoms with Crippen LogP contribution in [0.4, 0.5) is 0 Å². The zero-order valence-corrected chi connectivity index (χ0v) is 12.5.